The Morgan fingerprint density at radius 2 is 0.895 bits per heavy atom. The summed E-state index contributed by atoms with van der Waals surface area (Å²) in [5, 5.41) is 4.40. The zero-order chi connectivity index (χ0) is 58.9. The first-order chi connectivity index (χ1) is 41.1. The number of nitrogens with one attached hydrogen (secondary N) is 1. The Kier molecular flexibility index (Phi) is 19.3. The van der Waals surface area contributed by atoms with Crippen molar-refractivity contribution in [3.63, 3.8) is 0 Å². The van der Waals surface area contributed by atoms with Crippen molar-refractivity contribution in [3.8, 4) is 0 Å². The van der Waals surface area contributed by atoms with E-state index in [1.807, 2.05) is 0 Å². The highest BCUT2D eigenvalue weighted by atomic mass is 35.7. The van der Waals surface area contributed by atoms with Gasteiger partial charge in [-0.05, 0) is 213 Å². The zero-order valence-corrected chi connectivity index (χ0v) is 52.7. The molecule has 14 rings (SSSR count). The van der Waals surface area contributed by atoms with Crippen LogP contribution < -0.4 is 5.32 Å². The summed E-state index contributed by atoms with van der Waals surface area (Å²) in [6.07, 6.45) is 16.7. The molecule has 0 radical (unpaired) electrons. The van der Waals surface area contributed by atoms with Crippen LogP contribution in [0.4, 0.5) is 0 Å². The Balaban J connectivity index is 0.000000154. The number of hydrogen-bond acceptors (Lipinski definition) is 9. The number of aryl methyl sites for hydroxylation is 2. The van der Waals surface area contributed by atoms with Crippen LogP contribution in [0.15, 0.2) is 168 Å². The molecule has 12 nitrogen and oxygen atoms in total. The number of sulfonamides is 1. The second-order valence-electron chi connectivity index (χ2n) is 24.8. The fourth-order valence-corrected chi connectivity index (χ4v) is 18.8. The molecule has 2 aromatic heterocycles. The Bertz CT molecular complexity index is 3800. The van der Waals surface area contributed by atoms with E-state index in [9.17, 15) is 16.8 Å². The molecule has 6 aliphatic heterocycles. The maximum absolute atomic E-state index is 13.5. The van der Waals surface area contributed by atoms with E-state index >= 15 is 0 Å². The molecule has 6 saturated heterocycles. The average Bonchev–Trinajstić information content (AvgIpc) is 1.78. The van der Waals surface area contributed by atoms with Crippen LogP contribution in [0.1, 0.15) is 132 Å². The molecule has 6 aromatic carbocycles. The second-order valence-corrected chi connectivity index (χ2v) is 30.2. The van der Waals surface area contributed by atoms with Crippen LogP contribution in [-0.4, -0.2) is 113 Å². The minimum Gasteiger partial charge on any atom is -0.325 e. The highest BCUT2D eigenvalue weighted by Gasteiger charge is 2.46. The van der Waals surface area contributed by atoms with E-state index in [1.54, 1.807) is 40.2 Å². The van der Waals surface area contributed by atoms with Gasteiger partial charge < -0.3 is 14.5 Å². The molecular weight excluding hydrogens is 1180 g/mol. The van der Waals surface area contributed by atoms with E-state index < -0.39 is 19.1 Å². The summed E-state index contributed by atoms with van der Waals surface area (Å²) < 4.78 is 55.0. The Morgan fingerprint density at radius 3 is 1.31 bits per heavy atom. The van der Waals surface area contributed by atoms with Gasteiger partial charge in [0.2, 0.25) is 10.0 Å². The van der Waals surface area contributed by atoms with Gasteiger partial charge >= 0.3 is 0 Å². The maximum Gasteiger partial charge on any atom is 0.261 e. The Labute approximate surface area is 524 Å². The number of rotatable bonds is 13. The van der Waals surface area contributed by atoms with Gasteiger partial charge in [-0.3, -0.25) is 9.80 Å². The SMILES string of the molecule is C.Cc1nc2ccccc2n1C1C[C@H]2CC[C@@H](C1)N2CCC1(c2ccccc2)CCN(S(=O)(=O)c2cccc(Cl)c2)CC1.Cc1nc2ccccc2n1C1C[C@H]2CC[C@@H](C1)N2CCC1(c2ccccc2)CCNCC1.O=S(=O)(Cl)c1cccc(Cl)c1. The molecule has 17 heteroatoms. The molecule has 86 heavy (non-hydrogen) atoms. The second kappa shape index (κ2) is 26.5. The number of fused-ring (bicyclic) bond motifs is 6. The number of aromatic nitrogens is 4. The van der Waals surface area contributed by atoms with E-state index in [4.69, 9.17) is 43.9 Å². The van der Waals surface area contributed by atoms with Gasteiger partial charge in [-0.25, -0.2) is 26.8 Å². The van der Waals surface area contributed by atoms with E-state index in [-0.39, 0.29) is 22.6 Å². The van der Waals surface area contributed by atoms with E-state index in [2.05, 4.69) is 147 Å². The minimum absolute atomic E-state index is 0. The number of para-hydroxylation sites is 4. The lowest BCUT2D eigenvalue weighted by Gasteiger charge is -2.45. The highest BCUT2D eigenvalue weighted by molar-refractivity contribution is 8.13. The van der Waals surface area contributed by atoms with Crippen molar-refractivity contribution in [1.82, 2.24) is 38.5 Å². The number of benzene rings is 6. The molecule has 1 N–H and O–H groups in total. The predicted octanol–water partition coefficient (Wildman–Crippen LogP) is 15.1. The first-order valence-corrected chi connectivity index (χ1v) is 35.2. The van der Waals surface area contributed by atoms with Gasteiger partial charge in [-0.1, -0.05) is 128 Å². The number of nitrogens with zero attached hydrogens (tertiary/aromatic N) is 7. The summed E-state index contributed by atoms with van der Waals surface area (Å²) in [7, 11) is -2.17. The number of halogens is 3. The fraction of sp³-hybridized carbons (Fsp3) is 0.449. The van der Waals surface area contributed by atoms with Gasteiger partial charge in [0.15, 0.2) is 0 Å². The molecule has 8 heterocycles. The lowest BCUT2D eigenvalue weighted by atomic mass is 9.70. The van der Waals surface area contributed by atoms with Crippen molar-refractivity contribution < 1.29 is 16.8 Å². The van der Waals surface area contributed by atoms with Crippen LogP contribution in [0, 0.1) is 13.8 Å². The van der Waals surface area contributed by atoms with Gasteiger partial charge in [-0.2, -0.15) is 4.31 Å². The molecule has 0 saturated carbocycles. The Morgan fingerprint density at radius 1 is 0.500 bits per heavy atom. The molecular formula is C69H83Cl3N8O4S2. The molecule has 0 aliphatic carbocycles. The quantitative estimate of drug-likeness (QED) is 0.112. The Hall–Kier alpha value is -5.13. The van der Waals surface area contributed by atoms with Crippen LogP contribution in [0.3, 0.4) is 0 Å². The molecule has 2 unspecified atom stereocenters. The molecule has 6 aliphatic rings. The normalized spacial score (nSPS) is 23.9. The molecule has 8 aromatic rings. The summed E-state index contributed by atoms with van der Waals surface area (Å²) in [6.45, 7) is 9.99. The number of piperidine rings is 4. The standard InChI is InChI=1S/C34H39ClN4O2S.C28H36N4.C6H4Cl2O2S.CH4/c1-25-36-32-12-5-6-13-33(32)39(25)30-23-28-14-15-29(24-30)38(28)21-18-34(26-8-3-2-4-9-26)16-19-37(20-17-34)42(40,41)31-11-7-10-27(35)22-31;1-21-30-26-9-5-6-10-27(26)32(21)25-19-23-11-12-24(20-25)31(23)18-15-28(13-16-29-17-14-28)22-7-3-2-4-8-22;7-5-2-1-3-6(4-5)11(8,9)10;/h2-13,22,28-30H,14-21,23-24H2,1H3;2-10,23-25,29H,11-20H2,1H3;1-4H;1H4/t28-,29+,30?;23-,24+,25?;;. The smallest absolute Gasteiger partial charge is 0.261 e. The van der Waals surface area contributed by atoms with E-state index in [1.165, 1.54) is 118 Å². The van der Waals surface area contributed by atoms with Gasteiger partial charge in [-0.15, -0.1) is 0 Å². The van der Waals surface area contributed by atoms with Crippen molar-refractivity contribution in [2.45, 2.75) is 168 Å². The van der Waals surface area contributed by atoms with Gasteiger partial charge in [0.1, 0.15) is 11.6 Å². The topological polar surface area (TPSA) is 126 Å². The molecule has 456 valence electrons. The lowest BCUT2D eigenvalue weighted by molar-refractivity contribution is 0.0895. The van der Waals surface area contributed by atoms with Crippen molar-refractivity contribution in [3.05, 3.63) is 191 Å². The first-order valence-electron chi connectivity index (χ1n) is 30.7. The first kappa shape index (κ1) is 62.5. The van der Waals surface area contributed by atoms with Crippen molar-refractivity contribution in [1.29, 1.82) is 0 Å². The minimum atomic E-state index is -3.64. The van der Waals surface area contributed by atoms with Gasteiger partial charge in [0.25, 0.3) is 9.05 Å². The summed E-state index contributed by atoms with van der Waals surface area (Å²) in [5.41, 5.74) is 8.04. The number of imidazole rings is 2. The van der Waals surface area contributed by atoms with E-state index in [0.717, 1.165) is 67.8 Å². The average molecular weight is 1260 g/mol. The largest absolute Gasteiger partial charge is 0.325 e. The van der Waals surface area contributed by atoms with Crippen molar-refractivity contribution >= 4 is 75.0 Å². The van der Waals surface area contributed by atoms with E-state index in [0.29, 0.717) is 52.7 Å². The highest BCUT2D eigenvalue weighted by Crippen LogP contribution is 2.47. The van der Waals surface area contributed by atoms with Crippen LogP contribution in [0.5, 0.6) is 0 Å². The van der Waals surface area contributed by atoms with Crippen LogP contribution in [0.25, 0.3) is 22.1 Å². The van der Waals surface area contributed by atoms with Crippen LogP contribution in [-0.2, 0) is 29.9 Å². The number of hydrogen-bond donors (Lipinski definition) is 1. The lowest BCUT2D eigenvalue weighted by Crippen LogP contribution is -2.49. The third-order valence-electron chi connectivity index (χ3n) is 20.2. The third-order valence-corrected chi connectivity index (χ3v) is 23.9. The van der Waals surface area contributed by atoms with Gasteiger partial charge in [0.05, 0.1) is 31.9 Å². The predicted molar refractivity (Wildman–Crippen MR) is 351 cm³/mol. The molecule has 0 spiro atoms. The van der Waals surface area contributed by atoms with Crippen LogP contribution >= 0.6 is 33.9 Å². The monoisotopic (exact) mass is 1260 g/mol. The maximum atomic E-state index is 13.5. The molecule has 4 bridgehead atoms. The summed E-state index contributed by atoms with van der Waals surface area (Å²) in [4.78, 5) is 15.7. The third kappa shape index (κ3) is 13.1. The summed E-state index contributed by atoms with van der Waals surface area (Å²) in [6, 6.07) is 55.5. The van der Waals surface area contributed by atoms with Crippen molar-refractivity contribution in [2.24, 2.45) is 0 Å². The van der Waals surface area contributed by atoms with Crippen LogP contribution in [0.2, 0.25) is 10.0 Å². The molecule has 6 atom stereocenters. The molecule has 6 fully saturated rings. The summed E-state index contributed by atoms with van der Waals surface area (Å²) in [5.74, 6) is 2.30. The van der Waals surface area contributed by atoms with Crippen molar-refractivity contribution in [2.75, 3.05) is 39.3 Å². The van der Waals surface area contributed by atoms with Gasteiger partial charge in [0, 0.05) is 70.1 Å². The molecule has 0 amide bonds. The zero-order valence-electron chi connectivity index (χ0n) is 48.8. The fourth-order valence-electron chi connectivity index (χ4n) is 16.0. The summed E-state index contributed by atoms with van der Waals surface area (Å²) >= 11 is 11.7.